The predicted octanol–water partition coefficient (Wildman–Crippen LogP) is 3.50. The Morgan fingerprint density at radius 2 is 1.89 bits per heavy atom. The number of halogens is 4. The van der Waals surface area contributed by atoms with Crippen LogP contribution >= 0.6 is 34.4 Å². The van der Waals surface area contributed by atoms with E-state index in [-0.39, 0.29) is 9.48 Å². The van der Waals surface area contributed by atoms with Crippen molar-refractivity contribution in [3.05, 3.63) is 32.9 Å². The van der Waals surface area contributed by atoms with Crippen LogP contribution in [0.3, 0.4) is 0 Å². The molecular weight excluding hydrogens is 390 g/mol. The van der Waals surface area contributed by atoms with Gasteiger partial charge in [0.1, 0.15) is 0 Å². The van der Waals surface area contributed by atoms with Crippen LogP contribution in [0.4, 0.5) is 13.2 Å². The van der Waals surface area contributed by atoms with Crippen LogP contribution in [-0.4, -0.2) is 35.4 Å². The first-order chi connectivity index (χ1) is 8.89. The molecule has 1 aromatic carbocycles. The van der Waals surface area contributed by atoms with Gasteiger partial charge >= 0.3 is 6.18 Å². The van der Waals surface area contributed by atoms with Gasteiger partial charge in [0.15, 0.2) is 0 Å². The van der Waals surface area contributed by atoms with Crippen LogP contribution in [0, 0.1) is 3.57 Å². The molecule has 0 aliphatic carbocycles. The zero-order valence-electron chi connectivity index (χ0n) is 9.84. The van der Waals surface area contributed by atoms with Crippen molar-refractivity contribution in [2.24, 2.45) is 0 Å². The van der Waals surface area contributed by atoms with Gasteiger partial charge in [-0.15, -0.1) is 0 Å². The molecule has 104 valence electrons. The largest absolute Gasteiger partial charge is 0.417 e. The highest BCUT2D eigenvalue weighted by atomic mass is 127. The van der Waals surface area contributed by atoms with Crippen LogP contribution < -0.4 is 0 Å². The third-order valence-corrected chi connectivity index (χ3v) is 4.65. The van der Waals surface area contributed by atoms with Crippen molar-refractivity contribution in [2.45, 2.75) is 6.18 Å². The van der Waals surface area contributed by atoms with Crippen LogP contribution in [-0.2, 0) is 6.18 Å². The molecule has 1 aliphatic rings. The fourth-order valence-corrected chi connectivity index (χ4v) is 3.55. The van der Waals surface area contributed by atoms with Crippen LogP contribution in [0.15, 0.2) is 18.2 Å². The molecule has 2 rings (SSSR count). The number of thioether (sulfide) groups is 1. The summed E-state index contributed by atoms with van der Waals surface area (Å²) in [5, 5.41) is 0. The minimum atomic E-state index is -4.38. The minimum Gasteiger partial charge on any atom is -0.337 e. The highest BCUT2D eigenvalue weighted by molar-refractivity contribution is 14.1. The maximum atomic E-state index is 12.6. The Balaban J connectivity index is 2.22. The average molecular weight is 401 g/mol. The summed E-state index contributed by atoms with van der Waals surface area (Å²) in [6, 6.07) is 3.55. The molecule has 2 nitrogen and oxygen atoms in total. The summed E-state index contributed by atoms with van der Waals surface area (Å²) in [5.74, 6) is 1.57. The van der Waals surface area contributed by atoms with E-state index in [1.54, 1.807) is 39.3 Å². The highest BCUT2D eigenvalue weighted by Gasteiger charge is 2.33. The van der Waals surface area contributed by atoms with Crippen molar-refractivity contribution in [1.29, 1.82) is 0 Å². The normalized spacial score (nSPS) is 16.5. The van der Waals surface area contributed by atoms with Crippen molar-refractivity contribution >= 4 is 40.3 Å². The third-order valence-electron chi connectivity index (χ3n) is 2.82. The van der Waals surface area contributed by atoms with Gasteiger partial charge in [0.2, 0.25) is 0 Å². The summed E-state index contributed by atoms with van der Waals surface area (Å²) >= 11 is 3.40. The van der Waals surface area contributed by atoms with Gasteiger partial charge in [0, 0.05) is 33.7 Å². The van der Waals surface area contributed by atoms with Crippen molar-refractivity contribution in [3.63, 3.8) is 0 Å². The van der Waals surface area contributed by atoms with E-state index < -0.39 is 11.7 Å². The fourth-order valence-electron chi connectivity index (χ4n) is 1.83. The van der Waals surface area contributed by atoms with Gasteiger partial charge < -0.3 is 4.90 Å². The first-order valence-electron chi connectivity index (χ1n) is 5.63. The van der Waals surface area contributed by atoms with E-state index in [0.29, 0.717) is 18.7 Å². The van der Waals surface area contributed by atoms with E-state index in [0.717, 1.165) is 17.6 Å². The monoisotopic (exact) mass is 401 g/mol. The number of benzene rings is 1. The molecule has 0 bridgehead atoms. The Labute approximate surface area is 126 Å². The summed E-state index contributed by atoms with van der Waals surface area (Å²) in [6.45, 7) is 1.31. The van der Waals surface area contributed by atoms with Crippen molar-refractivity contribution < 1.29 is 18.0 Å². The Hall–Kier alpha value is -0.440. The molecule has 1 amide bonds. The van der Waals surface area contributed by atoms with Crippen LogP contribution in [0.5, 0.6) is 0 Å². The molecule has 0 atom stereocenters. The summed E-state index contributed by atoms with van der Waals surface area (Å²) in [7, 11) is 0. The number of carbonyl (C=O) groups excluding carboxylic acids is 1. The zero-order chi connectivity index (χ0) is 14.0. The lowest BCUT2D eigenvalue weighted by atomic mass is 10.1. The fraction of sp³-hybridized carbons (Fsp3) is 0.417. The van der Waals surface area contributed by atoms with E-state index in [1.807, 2.05) is 0 Å². The second kappa shape index (κ2) is 5.90. The van der Waals surface area contributed by atoms with E-state index in [9.17, 15) is 18.0 Å². The molecule has 0 spiro atoms. The lowest BCUT2D eigenvalue weighted by Gasteiger charge is -2.26. The van der Waals surface area contributed by atoms with E-state index >= 15 is 0 Å². The van der Waals surface area contributed by atoms with Gasteiger partial charge in [-0.05, 0) is 40.8 Å². The van der Waals surface area contributed by atoms with Crippen LogP contribution in [0.25, 0.3) is 0 Å². The molecule has 1 heterocycles. The molecule has 0 radical (unpaired) electrons. The molecule has 0 aromatic heterocycles. The molecule has 7 heteroatoms. The zero-order valence-corrected chi connectivity index (χ0v) is 12.8. The molecule has 0 N–H and O–H groups in total. The van der Waals surface area contributed by atoms with Crippen molar-refractivity contribution in [3.8, 4) is 0 Å². The number of hydrogen-bond acceptors (Lipinski definition) is 2. The molecule has 19 heavy (non-hydrogen) atoms. The molecular formula is C12H11F3INOS. The van der Waals surface area contributed by atoms with Gasteiger partial charge in [-0.1, -0.05) is 0 Å². The van der Waals surface area contributed by atoms with Crippen LogP contribution in [0.2, 0.25) is 0 Å². The maximum absolute atomic E-state index is 12.6. The second-order valence-corrected chi connectivity index (χ2v) is 6.48. The number of nitrogens with zero attached hydrogens (tertiary/aromatic N) is 1. The quantitative estimate of drug-likeness (QED) is 0.672. The molecule has 1 aromatic rings. The van der Waals surface area contributed by atoms with E-state index in [1.165, 1.54) is 12.1 Å². The Morgan fingerprint density at radius 3 is 2.42 bits per heavy atom. The predicted molar refractivity (Wildman–Crippen MR) is 77.4 cm³/mol. The van der Waals surface area contributed by atoms with Gasteiger partial charge in [0.25, 0.3) is 5.91 Å². The summed E-state index contributed by atoms with van der Waals surface area (Å²) < 4.78 is 38.0. The molecule has 0 unspecified atom stereocenters. The first-order valence-corrected chi connectivity index (χ1v) is 7.86. The van der Waals surface area contributed by atoms with E-state index in [2.05, 4.69) is 0 Å². The molecule has 1 saturated heterocycles. The van der Waals surface area contributed by atoms with Crippen molar-refractivity contribution in [1.82, 2.24) is 4.90 Å². The van der Waals surface area contributed by atoms with Gasteiger partial charge in [-0.2, -0.15) is 24.9 Å². The highest BCUT2D eigenvalue weighted by Crippen LogP contribution is 2.33. The lowest BCUT2D eigenvalue weighted by Crippen LogP contribution is -2.37. The van der Waals surface area contributed by atoms with Crippen LogP contribution in [0.1, 0.15) is 15.9 Å². The second-order valence-electron chi connectivity index (χ2n) is 4.10. The summed E-state index contributed by atoms with van der Waals surface area (Å²) in [5.41, 5.74) is -0.372. The Morgan fingerprint density at radius 1 is 1.26 bits per heavy atom. The number of hydrogen-bond donors (Lipinski definition) is 0. The smallest absolute Gasteiger partial charge is 0.337 e. The number of carbonyl (C=O) groups is 1. The minimum absolute atomic E-state index is 0.0577. The Kier molecular flexibility index (Phi) is 4.65. The van der Waals surface area contributed by atoms with Crippen molar-refractivity contribution in [2.75, 3.05) is 24.6 Å². The first kappa shape index (κ1) is 15.0. The topological polar surface area (TPSA) is 20.3 Å². The van der Waals surface area contributed by atoms with E-state index in [4.69, 9.17) is 0 Å². The summed E-state index contributed by atoms with van der Waals surface area (Å²) in [4.78, 5) is 13.8. The molecule has 0 saturated carbocycles. The number of amides is 1. The molecule has 1 aliphatic heterocycles. The average Bonchev–Trinajstić information content (AvgIpc) is 2.37. The number of rotatable bonds is 1. The standard InChI is InChI=1S/C12H11F3INOS/c13-12(14,15)9-2-1-8(7-10(9)16)11(18)17-3-5-19-6-4-17/h1-2,7H,3-6H2. The molecule has 1 fully saturated rings. The summed E-state index contributed by atoms with van der Waals surface area (Å²) in [6.07, 6.45) is -4.38. The number of alkyl halides is 3. The Bertz CT molecular complexity index is 486. The maximum Gasteiger partial charge on any atom is 0.417 e. The van der Waals surface area contributed by atoms with Gasteiger partial charge in [-0.25, -0.2) is 0 Å². The SMILES string of the molecule is O=C(c1ccc(C(F)(F)F)c(I)c1)N1CCSCC1. The van der Waals surface area contributed by atoms with Gasteiger partial charge in [-0.3, -0.25) is 4.79 Å². The van der Waals surface area contributed by atoms with Gasteiger partial charge in [0.05, 0.1) is 5.56 Å². The third kappa shape index (κ3) is 3.56. The lowest BCUT2D eigenvalue weighted by molar-refractivity contribution is -0.138.